The van der Waals surface area contributed by atoms with Crippen molar-refractivity contribution >= 4 is 22.2 Å². The third-order valence-corrected chi connectivity index (χ3v) is 4.32. The quantitative estimate of drug-likeness (QED) is 0.300. The Morgan fingerprint density at radius 2 is 1.43 bits per heavy atom. The van der Waals surface area contributed by atoms with E-state index in [0.29, 0.717) is 30.3 Å². The van der Waals surface area contributed by atoms with Gasteiger partial charge in [-0.15, -0.1) is 0 Å². The summed E-state index contributed by atoms with van der Waals surface area (Å²) in [5.41, 5.74) is 0.548. The minimum Gasteiger partial charge on any atom is -0.493 e. The Bertz CT molecular complexity index is 460. The number of unbranched alkanes of at least 4 members (excludes halogenated alkanes) is 6. The van der Waals surface area contributed by atoms with Gasteiger partial charge in [-0.3, -0.25) is 4.79 Å². The number of hydrogen-bond acceptors (Lipinski definition) is 3. The van der Waals surface area contributed by atoms with Crippen molar-refractivity contribution in [2.75, 3.05) is 13.2 Å². The molecule has 0 N–H and O–H groups in total. The largest absolute Gasteiger partial charge is 0.493 e. The maximum absolute atomic E-state index is 11.3. The molecule has 0 radical (unpaired) electrons. The first kappa shape index (κ1) is 20.0. The molecule has 1 aromatic rings. The molecule has 0 unspecified atom stereocenters. The third-order valence-electron chi connectivity index (χ3n) is 3.70. The van der Waals surface area contributed by atoms with Gasteiger partial charge in [-0.05, 0) is 40.9 Å². The van der Waals surface area contributed by atoms with E-state index in [-0.39, 0.29) is 0 Å². The molecule has 0 atom stereocenters. The summed E-state index contributed by atoms with van der Waals surface area (Å²) < 4.78 is 12.4. The highest BCUT2D eigenvalue weighted by atomic mass is 79.9. The van der Waals surface area contributed by atoms with Crippen LogP contribution in [0.2, 0.25) is 0 Å². The first-order chi connectivity index (χ1) is 11.2. The highest BCUT2D eigenvalue weighted by molar-refractivity contribution is 9.10. The van der Waals surface area contributed by atoms with Crippen LogP contribution < -0.4 is 9.47 Å². The van der Waals surface area contributed by atoms with Gasteiger partial charge in [0, 0.05) is 0 Å². The van der Waals surface area contributed by atoms with Gasteiger partial charge in [0.15, 0.2) is 6.29 Å². The van der Waals surface area contributed by atoms with Crippen LogP contribution in [0.1, 0.15) is 75.6 Å². The molecule has 1 rings (SSSR count). The molecule has 0 fully saturated rings. The smallest absolute Gasteiger partial charge is 0.153 e. The Morgan fingerprint density at radius 3 is 1.96 bits per heavy atom. The number of carbonyl (C=O) groups excluding carboxylic acids is 1. The Balaban J connectivity index is 2.54. The topological polar surface area (TPSA) is 35.5 Å². The monoisotopic (exact) mass is 384 g/mol. The molecular formula is C19H29BrO3. The van der Waals surface area contributed by atoms with E-state index in [4.69, 9.17) is 9.47 Å². The summed E-state index contributed by atoms with van der Waals surface area (Å²) in [6.07, 6.45) is 10.1. The highest BCUT2D eigenvalue weighted by Crippen LogP contribution is 2.32. The summed E-state index contributed by atoms with van der Waals surface area (Å²) in [6.45, 7) is 5.69. The summed E-state index contributed by atoms with van der Waals surface area (Å²) in [5, 5.41) is 0. The van der Waals surface area contributed by atoms with Crippen LogP contribution in [0.4, 0.5) is 0 Å². The summed E-state index contributed by atoms with van der Waals surface area (Å²) in [4.78, 5) is 11.3. The maximum Gasteiger partial charge on any atom is 0.153 e. The minimum absolute atomic E-state index is 0.548. The Labute approximate surface area is 148 Å². The van der Waals surface area contributed by atoms with Crippen molar-refractivity contribution < 1.29 is 14.3 Å². The van der Waals surface area contributed by atoms with Gasteiger partial charge in [-0.2, -0.15) is 0 Å². The number of rotatable bonds is 13. The van der Waals surface area contributed by atoms with Crippen molar-refractivity contribution in [3.8, 4) is 11.5 Å². The van der Waals surface area contributed by atoms with Gasteiger partial charge in [-0.25, -0.2) is 0 Å². The summed E-state index contributed by atoms with van der Waals surface area (Å²) >= 11 is 3.51. The van der Waals surface area contributed by atoms with Crippen LogP contribution in [0.25, 0.3) is 0 Å². The van der Waals surface area contributed by atoms with Crippen LogP contribution in [-0.4, -0.2) is 19.5 Å². The van der Waals surface area contributed by atoms with Gasteiger partial charge in [0.1, 0.15) is 11.5 Å². The predicted octanol–water partition coefficient (Wildman–Crippen LogP) is 6.18. The SMILES string of the molecule is CCCCCCOc1cc(C=O)c(OCCCCCC)cc1Br. The molecule has 0 aliphatic carbocycles. The van der Waals surface area contributed by atoms with E-state index in [1.165, 1.54) is 32.1 Å². The molecule has 0 aliphatic rings. The van der Waals surface area contributed by atoms with Crippen molar-refractivity contribution in [1.82, 2.24) is 0 Å². The van der Waals surface area contributed by atoms with Crippen LogP contribution in [0.15, 0.2) is 16.6 Å². The van der Waals surface area contributed by atoms with Crippen LogP contribution in [0.3, 0.4) is 0 Å². The lowest BCUT2D eigenvalue weighted by atomic mass is 10.2. The fourth-order valence-electron chi connectivity index (χ4n) is 2.30. The molecule has 0 spiro atoms. The Hall–Kier alpha value is -1.03. The second kappa shape index (κ2) is 12.4. The average molecular weight is 385 g/mol. The lowest BCUT2D eigenvalue weighted by Crippen LogP contribution is -2.03. The summed E-state index contributed by atoms with van der Waals surface area (Å²) in [7, 11) is 0. The fraction of sp³-hybridized carbons (Fsp3) is 0.632. The normalized spacial score (nSPS) is 10.6. The number of aldehydes is 1. The van der Waals surface area contributed by atoms with Crippen molar-refractivity contribution in [2.45, 2.75) is 65.2 Å². The first-order valence-corrected chi connectivity index (χ1v) is 9.56. The van der Waals surface area contributed by atoms with Gasteiger partial charge < -0.3 is 9.47 Å². The molecule has 0 heterocycles. The Morgan fingerprint density at radius 1 is 0.870 bits per heavy atom. The van der Waals surface area contributed by atoms with Gasteiger partial charge in [0.2, 0.25) is 0 Å². The molecule has 0 aliphatic heterocycles. The molecule has 0 aromatic heterocycles. The summed E-state index contributed by atoms with van der Waals surface area (Å²) in [6, 6.07) is 3.60. The zero-order chi connectivity index (χ0) is 16.9. The second-order valence-corrected chi connectivity index (χ2v) is 6.61. The van der Waals surface area contributed by atoms with E-state index in [1.807, 2.05) is 6.07 Å². The van der Waals surface area contributed by atoms with E-state index < -0.39 is 0 Å². The van der Waals surface area contributed by atoms with Crippen molar-refractivity contribution in [1.29, 1.82) is 0 Å². The molecular weight excluding hydrogens is 356 g/mol. The van der Waals surface area contributed by atoms with E-state index in [1.54, 1.807) is 6.07 Å². The van der Waals surface area contributed by atoms with E-state index >= 15 is 0 Å². The zero-order valence-electron chi connectivity index (χ0n) is 14.4. The van der Waals surface area contributed by atoms with Gasteiger partial charge in [0.05, 0.1) is 23.2 Å². The second-order valence-electron chi connectivity index (χ2n) is 5.76. The van der Waals surface area contributed by atoms with Gasteiger partial charge in [-0.1, -0.05) is 52.4 Å². The van der Waals surface area contributed by atoms with Crippen molar-refractivity contribution in [2.24, 2.45) is 0 Å². The number of ether oxygens (including phenoxy) is 2. The number of hydrogen-bond donors (Lipinski definition) is 0. The lowest BCUT2D eigenvalue weighted by Gasteiger charge is -2.13. The predicted molar refractivity (Wildman–Crippen MR) is 98.8 cm³/mol. The van der Waals surface area contributed by atoms with Gasteiger partial charge in [0.25, 0.3) is 0 Å². The molecule has 3 nitrogen and oxygen atoms in total. The summed E-state index contributed by atoms with van der Waals surface area (Å²) in [5.74, 6) is 1.34. The molecule has 1 aromatic carbocycles. The average Bonchev–Trinajstić information content (AvgIpc) is 2.56. The zero-order valence-corrected chi connectivity index (χ0v) is 16.0. The number of halogens is 1. The van der Waals surface area contributed by atoms with Crippen LogP contribution in [-0.2, 0) is 0 Å². The third kappa shape index (κ3) is 7.87. The van der Waals surface area contributed by atoms with Crippen molar-refractivity contribution in [3.05, 3.63) is 22.2 Å². The van der Waals surface area contributed by atoms with E-state index in [0.717, 1.165) is 30.0 Å². The molecule has 23 heavy (non-hydrogen) atoms. The van der Waals surface area contributed by atoms with Crippen LogP contribution in [0.5, 0.6) is 11.5 Å². The lowest BCUT2D eigenvalue weighted by molar-refractivity contribution is 0.111. The maximum atomic E-state index is 11.3. The molecule has 130 valence electrons. The standard InChI is InChI=1S/C19H29BrO3/c1-3-5-7-9-11-22-18-14-17(20)19(13-16(18)15-21)23-12-10-8-6-4-2/h13-15H,3-12H2,1-2H3. The first-order valence-electron chi connectivity index (χ1n) is 8.77. The Kier molecular flexibility index (Phi) is 10.8. The molecule has 0 saturated carbocycles. The molecule has 0 amide bonds. The fourth-order valence-corrected chi connectivity index (χ4v) is 2.74. The van der Waals surface area contributed by atoms with E-state index in [2.05, 4.69) is 29.8 Å². The van der Waals surface area contributed by atoms with E-state index in [9.17, 15) is 4.79 Å². The minimum atomic E-state index is 0.548. The van der Waals surface area contributed by atoms with Gasteiger partial charge >= 0.3 is 0 Å². The number of carbonyl (C=O) groups is 1. The molecule has 0 saturated heterocycles. The van der Waals surface area contributed by atoms with Crippen molar-refractivity contribution in [3.63, 3.8) is 0 Å². The van der Waals surface area contributed by atoms with Crippen LogP contribution in [0, 0.1) is 0 Å². The van der Waals surface area contributed by atoms with Crippen LogP contribution >= 0.6 is 15.9 Å². The highest BCUT2D eigenvalue weighted by Gasteiger charge is 2.10. The number of benzene rings is 1. The molecule has 0 bridgehead atoms. The molecule has 4 heteroatoms.